The predicted molar refractivity (Wildman–Crippen MR) is 78.3 cm³/mol. The van der Waals surface area contributed by atoms with E-state index in [1.165, 1.54) is 11.8 Å². The number of aromatic amines is 2. The van der Waals surface area contributed by atoms with Gasteiger partial charge >= 0.3 is 0 Å². The summed E-state index contributed by atoms with van der Waals surface area (Å²) in [7, 11) is 1.60. The van der Waals surface area contributed by atoms with E-state index >= 15 is 0 Å². The van der Waals surface area contributed by atoms with Crippen molar-refractivity contribution in [2.45, 2.75) is 5.03 Å². The number of ether oxygens (including phenoxy) is 1. The fraction of sp³-hybridized carbons (Fsp3) is 0.154. The van der Waals surface area contributed by atoms with Gasteiger partial charge in [0.25, 0.3) is 5.56 Å². The molecule has 0 unspecified atom stereocenters. The van der Waals surface area contributed by atoms with Crippen molar-refractivity contribution < 1.29 is 4.74 Å². The molecular weight excluding hydrogens is 276 g/mol. The summed E-state index contributed by atoms with van der Waals surface area (Å²) >= 11 is 1.40. The van der Waals surface area contributed by atoms with E-state index in [2.05, 4.69) is 20.2 Å². The molecule has 2 aromatic heterocycles. The number of methoxy groups -OCH3 is 1. The first-order chi connectivity index (χ1) is 9.72. The molecule has 0 saturated heterocycles. The van der Waals surface area contributed by atoms with Gasteiger partial charge < -0.3 is 9.72 Å². The predicted octanol–water partition coefficient (Wildman–Crippen LogP) is 2.04. The van der Waals surface area contributed by atoms with Crippen molar-refractivity contribution in [2.24, 2.45) is 0 Å². The van der Waals surface area contributed by atoms with Gasteiger partial charge in [0.15, 0.2) is 5.65 Å². The number of hydrogen-bond donors (Lipinski definition) is 2. The largest absolute Gasteiger partial charge is 0.497 e. The Bertz CT molecular complexity index is 825. The monoisotopic (exact) mass is 288 g/mol. The molecule has 20 heavy (non-hydrogen) atoms. The third-order valence-corrected chi connectivity index (χ3v) is 3.62. The minimum absolute atomic E-state index is 0.203. The highest BCUT2D eigenvalue weighted by atomic mass is 32.2. The molecule has 0 atom stereocenters. The first-order valence-corrected chi connectivity index (χ1v) is 7.12. The molecule has 0 radical (unpaired) electrons. The van der Waals surface area contributed by atoms with Crippen LogP contribution < -0.4 is 10.3 Å². The summed E-state index contributed by atoms with van der Waals surface area (Å²) in [6.45, 7) is 0. The highest BCUT2D eigenvalue weighted by Gasteiger charge is 2.12. The van der Waals surface area contributed by atoms with Crippen molar-refractivity contribution in [2.75, 3.05) is 13.4 Å². The average molecular weight is 288 g/mol. The summed E-state index contributed by atoms with van der Waals surface area (Å²) < 4.78 is 5.17. The van der Waals surface area contributed by atoms with Gasteiger partial charge in [0, 0.05) is 5.56 Å². The fourth-order valence-corrected chi connectivity index (χ4v) is 2.50. The Hall–Kier alpha value is -2.28. The lowest BCUT2D eigenvalue weighted by molar-refractivity contribution is 0.415. The lowest BCUT2D eigenvalue weighted by atomic mass is 10.2. The summed E-state index contributed by atoms with van der Waals surface area (Å²) in [6, 6.07) is 7.36. The lowest BCUT2D eigenvalue weighted by Crippen LogP contribution is -2.09. The van der Waals surface area contributed by atoms with Crippen LogP contribution in [0.3, 0.4) is 0 Å². The van der Waals surface area contributed by atoms with Crippen LogP contribution in [0, 0.1) is 0 Å². The third kappa shape index (κ3) is 2.05. The second-order valence-electron chi connectivity index (χ2n) is 4.10. The Morgan fingerprint density at radius 3 is 2.95 bits per heavy atom. The number of nitrogens with zero attached hydrogens (tertiary/aromatic N) is 2. The van der Waals surface area contributed by atoms with Crippen molar-refractivity contribution in [1.29, 1.82) is 0 Å². The van der Waals surface area contributed by atoms with Crippen LogP contribution in [0.1, 0.15) is 0 Å². The topological polar surface area (TPSA) is 83.7 Å². The molecule has 6 nitrogen and oxygen atoms in total. The van der Waals surface area contributed by atoms with E-state index in [4.69, 9.17) is 4.74 Å². The molecular formula is C13H12N4O2S. The lowest BCUT2D eigenvalue weighted by Gasteiger charge is -2.03. The van der Waals surface area contributed by atoms with Crippen molar-refractivity contribution >= 4 is 22.8 Å². The zero-order chi connectivity index (χ0) is 14.1. The maximum absolute atomic E-state index is 12.2. The van der Waals surface area contributed by atoms with Gasteiger partial charge in [-0.15, -0.1) is 11.8 Å². The molecule has 0 bridgehead atoms. The third-order valence-electron chi connectivity index (χ3n) is 2.93. The van der Waals surface area contributed by atoms with Gasteiger partial charge in [-0.1, -0.05) is 12.1 Å². The summed E-state index contributed by atoms with van der Waals surface area (Å²) in [5, 5.41) is 7.99. The van der Waals surface area contributed by atoms with Crippen molar-refractivity contribution in [1.82, 2.24) is 20.2 Å². The first kappa shape index (κ1) is 12.7. The van der Waals surface area contributed by atoms with Crippen molar-refractivity contribution in [3.8, 4) is 17.1 Å². The van der Waals surface area contributed by atoms with Gasteiger partial charge in [-0.05, 0) is 18.4 Å². The highest BCUT2D eigenvalue weighted by Crippen LogP contribution is 2.23. The molecule has 0 amide bonds. The maximum Gasteiger partial charge on any atom is 0.263 e. The molecule has 3 rings (SSSR count). The Balaban J connectivity index is 2.20. The van der Waals surface area contributed by atoms with E-state index in [0.717, 1.165) is 5.56 Å². The molecule has 0 aliphatic heterocycles. The Morgan fingerprint density at radius 1 is 1.35 bits per heavy atom. The summed E-state index contributed by atoms with van der Waals surface area (Å²) in [5.41, 5.74) is 1.06. The number of aromatic nitrogens is 4. The number of benzene rings is 1. The smallest absolute Gasteiger partial charge is 0.263 e. The molecule has 0 spiro atoms. The van der Waals surface area contributed by atoms with Gasteiger partial charge in [-0.3, -0.25) is 9.89 Å². The Morgan fingerprint density at radius 2 is 2.20 bits per heavy atom. The van der Waals surface area contributed by atoms with Gasteiger partial charge in [0.1, 0.15) is 22.0 Å². The van der Waals surface area contributed by atoms with Gasteiger partial charge in [0.2, 0.25) is 0 Å². The molecule has 102 valence electrons. The molecule has 2 N–H and O–H groups in total. The zero-order valence-electron chi connectivity index (χ0n) is 10.9. The number of thioether (sulfide) groups is 1. The SMILES string of the molecule is COc1cccc(-c2nc3[nH]nc(SC)c3c(=O)[nH]2)c1. The molecule has 3 aromatic rings. The molecule has 0 saturated carbocycles. The van der Waals surface area contributed by atoms with E-state index in [9.17, 15) is 4.79 Å². The molecule has 0 aliphatic carbocycles. The minimum atomic E-state index is -0.203. The highest BCUT2D eigenvalue weighted by molar-refractivity contribution is 7.98. The van der Waals surface area contributed by atoms with E-state index in [-0.39, 0.29) is 5.56 Å². The normalized spacial score (nSPS) is 10.9. The van der Waals surface area contributed by atoms with Crippen LogP contribution in [0.2, 0.25) is 0 Å². The van der Waals surface area contributed by atoms with Gasteiger partial charge in [-0.2, -0.15) is 5.10 Å². The van der Waals surface area contributed by atoms with Crippen LogP contribution in [0.5, 0.6) is 5.75 Å². The summed E-state index contributed by atoms with van der Waals surface area (Å²) in [6.07, 6.45) is 1.87. The second kappa shape index (κ2) is 5.01. The zero-order valence-corrected chi connectivity index (χ0v) is 11.7. The van der Waals surface area contributed by atoms with Gasteiger partial charge in [0.05, 0.1) is 7.11 Å². The molecule has 7 heteroatoms. The number of rotatable bonds is 3. The molecule has 0 fully saturated rings. The Labute approximate surface area is 118 Å². The molecule has 1 aromatic carbocycles. The van der Waals surface area contributed by atoms with E-state index in [1.807, 2.05) is 30.5 Å². The standard InChI is InChI=1S/C13H12N4O2S/c1-19-8-5-3-4-7(6-8)10-14-11-9(12(18)15-10)13(20-2)17-16-11/h3-6H,1-2H3,(H2,14,15,16,17,18). The van der Waals surface area contributed by atoms with Crippen molar-refractivity contribution in [3.63, 3.8) is 0 Å². The van der Waals surface area contributed by atoms with Crippen molar-refractivity contribution in [3.05, 3.63) is 34.6 Å². The Kier molecular flexibility index (Phi) is 3.19. The van der Waals surface area contributed by atoms with Crippen LogP contribution in [0.25, 0.3) is 22.4 Å². The number of fused-ring (bicyclic) bond motifs is 1. The fourth-order valence-electron chi connectivity index (χ4n) is 1.97. The number of hydrogen-bond acceptors (Lipinski definition) is 5. The average Bonchev–Trinajstić information content (AvgIpc) is 2.91. The minimum Gasteiger partial charge on any atom is -0.497 e. The van der Waals surface area contributed by atoms with Gasteiger partial charge in [-0.25, -0.2) is 4.98 Å². The van der Waals surface area contributed by atoms with Crippen LogP contribution in [0.15, 0.2) is 34.1 Å². The maximum atomic E-state index is 12.2. The van der Waals surface area contributed by atoms with Crippen LogP contribution >= 0.6 is 11.8 Å². The molecule has 0 aliphatic rings. The van der Waals surface area contributed by atoms with E-state index in [1.54, 1.807) is 7.11 Å². The van der Waals surface area contributed by atoms with Crippen LogP contribution in [-0.2, 0) is 0 Å². The number of nitrogens with one attached hydrogen (secondary N) is 2. The summed E-state index contributed by atoms with van der Waals surface area (Å²) in [4.78, 5) is 19.4. The molecule has 2 heterocycles. The van der Waals surface area contributed by atoms with Crippen LogP contribution in [-0.4, -0.2) is 33.5 Å². The van der Waals surface area contributed by atoms with Crippen LogP contribution in [0.4, 0.5) is 0 Å². The van der Waals surface area contributed by atoms with E-state index in [0.29, 0.717) is 27.6 Å². The first-order valence-electron chi connectivity index (χ1n) is 5.89. The number of H-pyrrole nitrogens is 2. The summed E-state index contributed by atoms with van der Waals surface area (Å²) in [5.74, 6) is 1.19. The quantitative estimate of drug-likeness (QED) is 0.721. The second-order valence-corrected chi connectivity index (χ2v) is 4.90. The van der Waals surface area contributed by atoms with E-state index < -0.39 is 0 Å².